The molecule has 0 radical (unpaired) electrons. The van der Waals surface area contributed by atoms with Gasteiger partial charge in [-0.3, -0.25) is 9.59 Å². The van der Waals surface area contributed by atoms with Crippen molar-refractivity contribution in [2.75, 3.05) is 13.7 Å². The van der Waals surface area contributed by atoms with Crippen molar-refractivity contribution in [2.24, 2.45) is 5.10 Å². The largest absolute Gasteiger partial charge is 0.497 e. The number of methoxy groups -OCH3 is 1. The number of rotatable bonds is 8. The summed E-state index contributed by atoms with van der Waals surface area (Å²) in [6, 6.07) is 30.6. The summed E-state index contributed by atoms with van der Waals surface area (Å²) in [7, 11) is 1.55. The predicted molar refractivity (Wildman–Crippen MR) is 154 cm³/mol. The van der Waals surface area contributed by atoms with Crippen molar-refractivity contribution in [2.45, 2.75) is 0 Å². The second kappa shape index (κ2) is 11.9. The fourth-order valence-corrected chi connectivity index (χ4v) is 4.27. The lowest BCUT2D eigenvalue weighted by molar-refractivity contribution is -0.120. The predicted octanol–water partition coefficient (Wildman–Crippen LogP) is 5.10. The molecule has 5 rings (SSSR count). The molecule has 0 heterocycles. The number of carbonyl (C=O) groups is 3. The number of esters is 1. The Labute approximate surface area is 230 Å². The third-order valence-electron chi connectivity index (χ3n) is 6.29. The van der Waals surface area contributed by atoms with Gasteiger partial charge in [0.2, 0.25) is 0 Å². The molecule has 2 N–H and O–H groups in total. The van der Waals surface area contributed by atoms with Gasteiger partial charge in [-0.05, 0) is 57.9 Å². The Bertz CT molecular complexity index is 1740. The number of hydrazone groups is 1. The van der Waals surface area contributed by atoms with Gasteiger partial charge in [-0.1, -0.05) is 66.7 Å². The molecule has 0 aromatic heterocycles. The summed E-state index contributed by atoms with van der Waals surface area (Å²) >= 11 is 0. The van der Waals surface area contributed by atoms with E-state index in [0.717, 1.165) is 21.5 Å². The summed E-state index contributed by atoms with van der Waals surface area (Å²) in [5, 5.41) is 10.1. The molecular formula is C32H25N3O5. The molecule has 8 nitrogen and oxygen atoms in total. The number of hydrogen-bond donors (Lipinski definition) is 2. The second-order valence-corrected chi connectivity index (χ2v) is 8.82. The molecule has 0 bridgehead atoms. The Kier molecular flexibility index (Phi) is 7.78. The molecule has 0 fully saturated rings. The van der Waals surface area contributed by atoms with Crippen molar-refractivity contribution in [1.29, 1.82) is 0 Å². The van der Waals surface area contributed by atoms with Gasteiger partial charge in [0.15, 0.2) is 0 Å². The molecule has 5 aromatic carbocycles. The van der Waals surface area contributed by atoms with Crippen LogP contribution in [0.3, 0.4) is 0 Å². The van der Waals surface area contributed by atoms with E-state index in [-0.39, 0.29) is 18.2 Å². The van der Waals surface area contributed by atoms with Gasteiger partial charge in [0.05, 0.1) is 25.4 Å². The molecule has 40 heavy (non-hydrogen) atoms. The van der Waals surface area contributed by atoms with E-state index in [1.54, 1.807) is 49.6 Å². The van der Waals surface area contributed by atoms with Gasteiger partial charge in [0, 0.05) is 11.1 Å². The number of hydrogen-bond acceptors (Lipinski definition) is 6. The van der Waals surface area contributed by atoms with Crippen LogP contribution in [-0.2, 0) is 4.79 Å². The number of nitrogens with zero attached hydrogens (tertiary/aromatic N) is 1. The topological polar surface area (TPSA) is 106 Å². The smallest absolute Gasteiger partial charge is 0.343 e. The van der Waals surface area contributed by atoms with Gasteiger partial charge < -0.3 is 14.8 Å². The van der Waals surface area contributed by atoms with Crippen LogP contribution in [0.1, 0.15) is 26.3 Å². The van der Waals surface area contributed by atoms with Gasteiger partial charge >= 0.3 is 5.97 Å². The fourth-order valence-electron chi connectivity index (χ4n) is 4.27. The van der Waals surface area contributed by atoms with Gasteiger partial charge in [-0.25, -0.2) is 10.2 Å². The summed E-state index contributed by atoms with van der Waals surface area (Å²) in [6.45, 7) is -0.270. The van der Waals surface area contributed by atoms with Gasteiger partial charge in [0.1, 0.15) is 11.5 Å². The van der Waals surface area contributed by atoms with Crippen molar-refractivity contribution in [3.8, 4) is 11.5 Å². The number of benzene rings is 5. The lowest BCUT2D eigenvalue weighted by Gasteiger charge is -2.11. The minimum Gasteiger partial charge on any atom is -0.497 e. The summed E-state index contributed by atoms with van der Waals surface area (Å²) in [5.41, 5.74) is 3.77. The van der Waals surface area contributed by atoms with Crippen LogP contribution < -0.4 is 20.2 Å². The second-order valence-electron chi connectivity index (χ2n) is 8.82. The Balaban J connectivity index is 1.28. The number of nitrogens with one attached hydrogen (secondary N) is 2. The standard InChI is InChI=1S/C32H25N3O5/c1-39-24-16-13-23(14-17-24)32(38)40-29-18-15-22-8-3-5-11-26(22)28(29)19-34-35-30(36)20-33-31(37)27-12-6-9-21-7-2-4-10-25(21)27/h2-19H,20H2,1H3,(H,33,37)(H,35,36)/b34-19+. The number of ether oxygens (including phenoxy) is 2. The lowest BCUT2D eigenvalue weighted by Crippen LogP contribution is -2.35. The van der Waals surface area contributed by atoms with Crippen molar-refractivity contribution in [1.82, 2.24) is 10.7 Å². The van der Waals surface area contributed by atoms with Gasteiger partial charge in [0.25, 0.3) is 11.8 Å². The summed E-state index contributed by atoms with van der Waals surface area (Å²) in [5.74, 6) is -0.520. The van der Waals surface area contributed by atoms with Gasteiger partial charge in [-0.15, -0.1) is 0 Å². The number of carbonyl (C=O) groups excluding carboxylic acids is 3. The zero-order valence-electron chi connectivity index (χ0n) is 21.6. The van der Waals surface area contributed by atoms with E-state index in [2.05, 4.69) is 15.8 Å². The van der Waals surface area contributed by atoms with Crippen LogP contribution in [0.15, 0.2) is 108 Å². The highest BCUT2D eigenvalue weighted by Gasteiger charge is 2.14. The Morgan fingerprint density at radius 1 is 0.775 bits per heavy atom. The first-order valence-corrected chi connectivity index (χ1v) is 12.5. The van der Waals surface area contributed by atoms with Crippen LogP contribution in [-0.4, -0.2) is 37.7 Å². The SMILES string of the molecule is COc1ccc(C(=O)Oc2ccc3ccccc3c2/C=N/NC(=O)CNC(=O)c2cccc3ccccc23)cc1. The van der Waals surface area contributed by atoms with E-state index in [9.17, 15) is 14.4 Å². The van der Waals surface area contributed by atoms with Crippen molar-refractivity contribution in [3.63, 3.8) is 0 Å². The van der Waals surface area contributed by atoms with E-state index in [1.165, 1.54) is 6.21 Å². The molecule has 0 unspecified atom stereocenters. The highest BCUT2D eigenvalue weighted by atomic mass is 16.5. The van der Waals surface area contributed by atoms with E-state index in [4.69, 9.17) is 9.47 Å². The quantitative estimate of drug-likeness (QED) is 0.125. The average Bonchev–Trinajstić information content (AvgIpc) is 3.00. The van der Waals surface area contributed by atoms with Crippen molar-refractivity contribution in [3.05, 3.63) is 120 Å². The number of fused-ring (bicyclic) bond motifs is 2. The summed E-state index contributed by atoms with van der Waals surface area (Å²) in [4.78, 5) is 38.0. The molecule has 0 aliphatic rings. The van der Waals surface area contributed by atoms with Crippen molar-refractivity contribution < 1.29 is 23.9 Å². The Morgan fingerprint density at radius 2 is 1.45 bits per heavy atom. The van der Waals surface area contributed by atoms with Crippen LogP contribution in [0.5, 0.6) is 11.5 Å². The molecule has 0 aliphatic heterocycles. The maximum absolute atomic E-state index is 12.8. The minimum atomic E-state index is -0.548. The Morgan fingerprint density at radius 3 is 2.20 bits per heavy atom. The summed E-state index contributed by atoms with van der Waals surface area (Å²) < 4.78 is 10.8. The zero-order chi connectivity index (χ0) is 27.9. The van der Waals surface area contributed by atoms with Gasteiger partial charge in [-0.2, -0.15) is 5.10 Å². The van der Waals surface area contributed by atoms with Crippen LogP contribution in [0.4, 0.5) is 0 Å². The highest BCUT2D eigenvalue weighted by Crippen LogP contribution is 2.27. The molecule has 5 aromatic rings. The molecule has 0 saturated carbocycles. The van der Waals surface area contributed by atoms with Crippen LogP contribution in [0, 0.1) is 0 Å². The molecule has 2 amide bonds. The molecule has 0 atom stereocenters. The molecular weight excluding hydrogens is 506 g/mol. The molecule has 8 heteroatoms. The van der Waals surface area contributed by atoms with E-state index in [1.807, 2.05) is 60.7 Å². The highest BCUT2D eigenvalue weighted by molar-refractivity contribution is 6.08. The maximum atomic E-state index is 12.8. The first-order valence-electron chi connectivity index (χ1n) is 12.5. The zero-order valence-corrected chi connectivity index (χ0v) is 21.6. The Hall–Kier alpha value is -5.50. The number of amides is 2. The molecule has 0 saturated heterocycles. The first kappa shape index (κ1) is 26.1. The molecule has 0 spiro atoms. The average molecular weight is 532 g/mol. The minimum absolute atomic E-state index is 0.270. The molecule has 0 aliphatic carbocycles. The van der Waals surface area contributed by atoms with E-state index in [0.29, 0.717) is 22.4 Å². The fraction of sp³-hybridized carbons (Fsp3) is 0.0625. The third-order valence-corrected chi connectivity index (χ3v) is 6.29. The van der Waals surface area contributed by atoms with Crippen LogP contribution in [0.2, 0.25) is 0 Å². The van der Waals surface area contributed by atoms with E-state index >= 15 is 0 Å². The summed E-state index contributed by atoms with van der Waals surface area (Å²) in [6.07, 6.45) is 1.42. The lowest BCUT2D eigenvalue weighted by atomic mass is 10.0. The third kappa shape index (κ3) is 5.81. The first-order chi connectivity index (χ1) is 19.5. The monoisotopic (exact) mass is 531 g/mol. The van der Waals surface area contributed by atoms with Crippen molar-refractivity contribution >= 4 is 45.5 Å². The van der Waals surface area contributed by atoms with E-state index < -0.39 is 11.9 Å². The molecule has 198 valence electrons. The van der Waals surface area contributed by atoms with Crippen LogP contribution in [0.25, 0.3) is 21.5 Å². The normalized spacial score (nSPS) is 10.9. The maximum Gasteiger partial charge on any atom is 0.343 e. The van der Waals surface area contributed by atoms with Crippen LogP contribution >= 0.6 is 0 Å².